The maximum Gasteiger partial charge on any atom is 0.308 e. The zero-order valence-corrected chi connectivity index (χ0v) is 16.7. The van der Waals surface area contributed by atoms with Crippen molar-refractivity contribution in [2.45, 2.75) is 52.4 Å². The van der Waals surface area contributed by atoms with Crippen LogP contribution in [0.25, 0.3) is 10.9 Å². The molecule has 0 saturated heterocycles. The fourth-order valence-corrected chi connectivity index (χ4v) is 3.06. The lowest BCUT2D eigenvalue weighted by atomic mass is 10.1. The fraction of sp³-hybridized carbons (Fsp3) is 0.524. The van der Waals surface area contributed by atoms with Crippen LogP contribution in [-0.2, 0) is 11.8 Å². The number of nitrogens with zero attached hydrogens (tertiary/aromatic N) is 1. The standard InChI is InChI=1S/C21H29NO5/c1-5-6-7-8-9-10-13-26-16-11-12-17-18(14-16)22(3)21(24)20(19(17)25-4)27-15(2)23/h11-12,14H,5-10,13H2,1-4H3. The summed E-state index contributed by atoms with van der Waals surface area (Å²) in [5.41, 5.74) is 0.232. The number of carbonyl (C=O) groups is 1. The van der Waals surface area contributed by atoms with Gasteiger partial charge in [0.05, 0.1) is 19.2 Å². The highest BCUT2D eigenvalue weighted by Crippen LogP contribution is 2.34. The molecule has 1 heterocycles. The predicted octanol–water partition coefficient (Wildman–Crippen LogP) is 4.21. The SMILES string of the molecule is CCCCCCCCOc1ccc2c(OC)c(OC(C)=O)c(=O)n(C)c2c1. The van der Waals surface area contributed by atoms with Crippen LogP contribution in [0.4, 0.5) is 0 Å². The monoisotopic (exact) mass is 375 g/mol. The van der Waals surface area contributed by atoms with Crippen LogP contribution in [0.1, 0.15) is 52.4 Å². The molecule has 1 aromatic carbocycles. The van der Waals surface area contributed by atoms with Crippen LogP contribution in [0.15, 0.2) is 23.0 Å². The number of aromatic nitrogens is 1. The van der Waals surface area contributed by atoms with E-state index in [0.717, 1.165) is 12.8 Å². The van der Waals surface area contributed by atoms with Crippen LogP contribution in [0.2, 0.25) is 0 Å². The number of benzene rings is 1. The van der Waals surface area contributed by atoms with Crippen molar-refractivity contribution < 1.29 is 19.0 Å². The number of pyridine rings is 1. The second-order valence-corrected chi connectivity index (χ2v) is 6.62. The topological polar surface area (TPSA) is 66.8 Å². The van der Waals surface area contributed by atoms with Gasteiger partial charge in [-0.15, -0.1) is 0 Å². The molecule has 0 spiro atoms. The Hall–Kier alpha value is -2.50. The van der Waals surface area contributed by atoms with Gasteiger partial charge in [-0.1, -0.05) is 39.0 Å². The second-order valence-electron chi connectivity index (χ2n) is 6.62. The van der Waals surface area contributed by atoms with Crippen molar-refractivity contribution in [2.75, 3.05) is 13.7 Å². The number of carbonyl (C=O) groups excluding carboxylic acids is 1. The number of aryl methyl sites for hydroxylation is 1. The van der Waals surface area contributed by atoms with Crippen LogP contribution in [-0.4, -0.2) is 24.3 Å². The molecule has 6 heteroatoms. The van der Waals surface area contributed by atoms with Crippen LogP contribution < -0.4 is 19.8 Å². The Morgan fingerprint density at radius 3 is 2.44 bits per heavy atom. The smallest absolute Gasteiger partial charge is 0.308 e. The van der Waals surface area contributed by atoms with Crippen LogP contribution in [0, 0.1) is 0 Å². The molecule has 0 unspecified atom stereocenters. The second kappa shape index (κ2) is 10.00. The van der Waals surface area contributed by atoms with Crippen LogP contribution in [0.3, 0.4) is 0 Å². The maximum absolute atomic E-state index is 12.6. The number of hydrogen-bond donors (Lipinski definition) is 0. The van der Waals surface area contributed by atoms with Crippen molar-refractivity contribution in [2.24, 2.45) is 7.05 Å². The van der Waals surface area contributed by atoms with Gasteiger partial charge in [-0.3, -0.25) is 9.59 Å². The Balaban J connectivity index is 2.18. The van der Waals surface area contributed by atoms with Gasteiger partial charge in [0.25, 0.3) is 5.56 Å². The van der Waals surface area contributed by atoms with Gasteiger partial charge in [0.2, 0.25) is 5.75 Å². The van der Waals surface area contributed by atoms with E-state index >= 15 is 0 Å². The van der Waals surface area contributed by atoms with Gasteiger partial charge >= 0.3 is 5.97 Å². The molecule has 1 aromatic heterocycles. The Morgan fingerprint density at radius 2 is 1.78 bits per heavy atom. The van der Waals surface area contributed by atoms with E-state index in [2.05, 4.69) is 6.92 Å². The molecular formula is C21H29NO5. The Kier molecular flexibility index (Phi) is 7.70. The van der Waals surface area contributed by atoms with Crippen molar-refractivity contribution in [3.05, 3.63) is 28.6 Å². The molecule has 0 aliphatic rings. The van der Waals surface area contributed by atoms with E-state index in [1.165, 1.54) is 44.3 Å². The van der Waals surface area contributed by atoms with Gasteiger partial charge in [-0.25, -0.2) is 0 Å². The Bertz CT molecular complexity index is 841. The molecule has 0 saturated carbocycles. The van der Waals surface area contributed by atoms with Crippen LogP contribution >= 0.6 is 0 Å². The summed E-state index contributed by atoms with van der Waals surface area (Å²) in [5, 5.41) is 0.683. The maximum atomic E-state index is 12.6. The average Bonchev–Trinajstić information content (AvgIpc) is 2.65. The summed E-state index contributed by atoms with van der Waals surface area (Å²) in [4.78, 5) is 23.9. The minimum absolute atomic E-state index is 0.0965. The molecule has 0 amide bonds. The number of hydrogen-bond acceptors (Lipinski definition) is 5. The fourth-order valence-electron chi connectivity index (χ4n) is 3.06. The summed E-state index contributed by atoms with van der Waals surface area (Å²) in [6.07, 6.45) is 7.21. The third-order valence-electron chi connectivity index (χ3n) is 4.50. The van der Waals surface area contributed by atoms with E-state index in [-0.39, 0.29) is 11.5 Å². The molecule has 2 rings (SSSR count). The largest absolute Gasteiger partial charge is 0.494 e. The summed E-state index contributed by atoms with van der Waals surface area (Å²) in [6, 6.07) is 5.47. The predicted molar refractivity (Wildman–Crippen MR) is 106 cm³/mol. The highest BCUT2D eigenvalue weighted by molar-refractivity contribution is 5.89. The third kappa shape index (κ3) is 5.25. The van der Waals surface area contributed by atoms with Gasteiger partial charge in [0, 0.05) is 25.4 Å². The van der Waals surface area contributed by atoms with E-state index < -0.39 is 11.5 Å². The first-order chi connectivity index (χ1) is 13.0. The highest BCUT2D eigenvalue weighted by atomic mass is 16.6. The zero-order valence-electron chi connectivity index (χ0n) is 16.7. The summed E-state index contributed by atoms with van der Waals surface area (Å²) < 4.78 is 17.7. The van der Waals surface area contributed by atoms with Crippen molar-refractivity contribution in [3.63, 3.8) is 0 Å². The number of ether oxygens (including phenoxy) is 3. The van der Waals surface area contributed by atoms with E-state index in [1.54, 1.807) is 7.05 Å². The van der Waals surface area contributed by atoms with Gasteiger partial charge < -0.3 is 18.8 Å². The van der Waals surface area contributed by atoms with E-state index in [9.17, 15) is 9.59 Å². The zero-order chi connectivity index (χ0) is 19.8. The molecule has 148 valence electrons. The molecule has 2 aromatic rings. The van der Waals surface area contributed by atoms with Gasteiger partial charge in [0.15, 0.2) is 5.75 Å². The lowest BCUT2D eigenvalue weighted by molar-refractivity contribution is -0.132. The van der Waals surface area contributed by atoms with E-state index in [4.69, 9.17) is 14.2 Å². The highest BCUT2D eigenvalue weighted by Gasteiger charge is 2.19. The Labute approximate surface area is 160 Å². The molecule has 0 aliphatic carbocycles. The molecule has 0 aliphatic heterocycles. The number of rotatable bonds is 10. The van der Waals surface area contributed by atoms with E-state index in [1.807, 2.05) is 18.2 Å². The first kappa shape index (κ1) is 20.8. The molecular weight excluding hydrogens is 346 g/mol. The number of methoxy groups -OCH3 is 1. The molecule has 0 atom stereocenters. The summed E-state index contributed by atoms with van der Waals surface area (Å²) >= 11 is 0. The number of fused-ring (bicyclic) bond motifs is 1. The minimum atomic E-state index is -0.566. The van der Waals surface area contributed by atoms with Gasteiger partial charge in [-0.05, 0) is 18.6 Å². The molecule has 6 nitrogen and oxygen atoms in total. The summed E-state index contributed by atoms with van der Waals surface area (Å²) in [7, 11) is 3.08. The minimum Gasteiger partial charge on any atom is -0.494 e. The van der Waals surface area contributed by atoms with Crippen molar-refractivity contribution in [1.29, 1.82) is 0 Å². The third-order valence-corrected chi connectivity index (χ3v) is 4.50. The molecule has 0 radical (unpaired) electrons. The van der Waals surface area contributed by atoms with Crippen molar-refractivity contribution in [3.8, 4) is 17.2 Å². The van der Waals surface area contributed by atoms with Crippen molar-refractivity contribution in [1.82, 2.24) is 4.57 Å². The number of unbranched alkanes of at least 4 members (excludes halogenated alkanes) is 5. The first-order valence-corrected chi connectivity index (χ1v) is 9.51. The molecule has 0 N–H and O–H groups in total. The summed E-state index contributed by atoms with van der Waals surface area (Å²) in [5.74, 6) is 0.295. The Morgan fingerprint density at radius 1 is 1.07 bits per heavy atom. The lowest BCUT2D eigenvalue weighted by Crippen LogP contribution is -2.22. The molecule has 27 heavy (non-hydrogen) atoms. The number of esters is 1. The van der Waals surface area contributed by atoms with Crippen molar-refractivity contribution >= 4 is 16.9 Å². The normalized spacial score (nSPS) is 10.8. The van der Waals surface area contributed by atoms with Gasteiger partial charge in [0.1, 0.15) is 5.75 Å². The molecule has 0 fully saturated rings. The average molecular weight is 375 g/mol. The van der Waals surface area contributed by atoms with Gasteiger partial charge in [-0.2, -0.15) is 0 Å². The quantitative estimate of drug-likeness (QED) is 0.460. The first-order valence-electron chi connectivity index (χ1n) is 9.51. The lowest BCUT2D eigenvalue weighted by Gasteiger charge is -2.15. The van der Waals surface area contributed by atoms with E-state index in [0.29, 0.717) is 23.3 Å². The van der Waals surface area contributed by atoms with Crippen LogP contribution in [0.5, 0.6) is 17.2 Å². The summed E-state index contributed by atoms with van der Waals surface area (Å²) in [6.45, 7) is 4.11. The molecule has 0 bridgehead atoms.